The quantitative estimate of drug-likeness (QED) is 0.139. The summed E-state index contributed by atoms with van der Waals surface area (Å²) in [6.45, 7) is 4.45. The second kappa shape index (κ2) is 17.3. The molecule has 0 amide bonds. The lowest BCUT2D eigenvalue weighted by Crippen LogP contribution is -2.35. The number of ether oxygens (including phenoxy) is 1. The lowest BCUT2D eigenvalue weighted by molar-refractivity contribution is -0.143. The number of pyridine rings is 1. The molecule has 19 heteroatoms. The third-order valence-electron chi connectivity index (χ3n) is 9.47. The molecular weight excluding hydrogens is 769 g/mol. The number of anilines is 2. The van der Waals surface area contributed by atoms with Crippen LogP contribution in [-0.4, -0.2) is 60.9 Å². The fourth-order valence-electron chi connectivity index (χ4n) is 6.57. The fraction of sp³-hybridized carbons (Fsp3) is 0.556. The zero-order valence-electron chi connectivity index (χ0n) is 30.5. The van der Waals surface area contributed by atoms with Gasteiger partial charge >= 0.3 is 18.5 Å². The summed E-state index contributed by atoms with van der Waals surface area (Å²) >= 11 is 0. The van der Waals surface area contributed by atoms with Crippen LogP contribution in [0.4, 0.5) is 51.3 Å². The molecule has 0 bridgehead atoms. The second-order valence-corrected chi connectivity index (χ2v) is 16.1. The summed E-state index contributed by atoms with van der Waals surface area (Å²) in [5.41, 5.74) is -4.83. The van der Waals surface area contributed by atoms with Crippen molar-refractivity contribution in [3.05, 3.63) is 70.7 Å². The lowest BCUT2D eigenvalue weighted by Gasteiger charge is -2.35. The van der Waals surface area contributed by atoms with Crippen LogP contribution in [0.5, 0.6) is 5.75 Å². The Kier molecular flexibility index (Phi) is 13.7. The van der Waals surface area contributed by atoms with E-state index in [1.54, 1.807) is 11.8 Å². The summed E-state index contributed by atoms with van der Waals surface area (Å²) < 4.78 is 154. The maximum Gasteiger partial charge on any atom is 0.417 e. The summed E-state index contributed by atoms with van der Waals surface area (Å²) in [5, 5.41) is 0. The summed E-state index contributed by atoms with van der Waals surface area (Å²) in [7, 11) is -3.40. The normalized spacial score (nSPS) is 17.5. The highest BCUT2D eigenvalue weighted by molar-refractivity contribution is 7.90. The predicted octanol–water partition coefficient (Wildman–Crippen LogP) is 8.73. The molecule has 1 saturated carbocycles. The van der Waals surface area contributed by atoms with Crippen molar-refractivity contribution >= 4 is 27.4 Å². The van der Waals surface area contributed by atoms with Crippen molar-refractivity contribution in [1.82, 2.24) is 15.0 Å². The van der Waals surface area contributed by atoms with Gasteiger partial charge in [-0.3, -0.25) is 0 Å². The molecule has 1 aliphatic rings. The molecule has 0 N–H and O–H groups in total. The molecule has 1 fully saturated rings. The number of carbonyl (C=O) groups is 1. The van der Waals surface area contributed by atoms with Gasteiger partial charge in [-0.15, -0.1) is 0 Å². The van der Waals surface area contributed by atoms with Crippen LogP contribution in [0, 0.1) is 11.8 Å². The van der Waals surface area contributed by atoms with Gasteiger partial charge in [0, 0.05) is 37.5 Å². The molecule has 55 heavy (non-hydrogen) atoms. The van der Waals surface area contributed by atoms with Crippen molar-refractivity contribution in [2.45, 2.75) is 84.0 Å². The molecule has 1 aromatic carbocycles. The second-order valence-electron chi connectivity index (χ2n) is 13.9. The smallest absolute Gasteiger partial charge is 0.417 e. The van der Waals surface area contributed by atoms with E-state index in [2.05, 4.69) is 15.0 Å². The van der Waals surface area contributed by atoms with E-state index in [-0.39, 0.29) is 59.1 Å². The molecule has 1 aliphatic carbocycles. The number of hydrogen-bond acceptors (Lipinski definition) is 9. The van der Waals surface area contributed by atoms with E-state index in [9.17, 15) is 52.7 Å². The Morgan fingerprint density at radius 1 is 0.836 bits per heavy atom. The van der Waals surface area contributed by atoms with Crippen LogP contribution in [0.1, 0.15) is 86.7 Å². The number of rotatable bonds is 15. The fourth-order valence-corrected chi connectivity index (χ4v) is 6.95. The van der Waals surface area contributed by atoms with Gasteiger partial charge in [0.25, 0.3) is 0 Å². The van der Waals surface area contributed by atoms with Crippen molar-refractivity contribution in [1.29, 1.82) is 0 Å². The van der Waals surface area contributed by atoms with E-state index in [0.717, 1.165) is 55.3 Å². The Bertz CT molecular complexity index is 1850. The third kappa shape index (κ3) is 12.4. The van der Waals surface area contributed by atoms with E-state index in [4.69, 9.17) is 4.74 Å². The first-order valence-corrected chi connectivity index (χ1v) is 19.5. The van der Waals surface area contributed by atoms with Crippen LogP contribution in [0.2, 0.25) is 0 Å². The van der Waals surface area contributed by atoms with Crippen molar-refractivity contribution in [3.8, 4) is 5.75 Å². The standard InChI is InChI=1S/C36H42F9N5O4S/c1-5-49(20-25-8-6-24(7-9-25)12-22(2)51)32-27(15-30(17-46-32)36(43,44)45)21-50(33-47-18-31(19-48-33)54-10-11-55(4,52)53)23(3)26-13-28(34(37,38)39)16-29(14-26)35(40,41)42/h13-19,23-25H,5-12,20-21H2,1-4H3. The number of Topliss-reactive ketones (excluding diaryl/α,β-unsaturated/α-hetero) is 1. The number of halogens is 9. The number of alkyl halides is 9. The van der Waals surface area contributed by atoms with Gasteiger partial charge in [0.15, 0.2) is 15.6 Å². The summed E-state index contributed by atoms with van der Waals surface area (Å²) in [6, 6.07) is 0.476. The largest absolute Gasteiger partial charge is 0.489 e. The number of aromatic nitrogens is 3. The Hall–Kier alpha value is -4.16. The maximum atomic E-state index is 14.1. The Labute approximate surface area is 313 Å². The average Bonchev–Trinajstić information content (AvgIpc) is 3.08. The first kappa shape index (κ1) is 43.6. The molecule has 304 valence electrons. The van der Waals surface area contributed by atoms with E-state index in [0.29, 0.717) is 37.8 Å². The number of hydrogen-bond donors (Lipinski definition) is 0. The van der Waals surface area contributed by atoms with E-state index >= 15 is 0 Å². The van der Waals surface area contributed by atoms with Crippen LogP contribution in [0.3, 0.4) is 0 Å². The molecule has 0 radical (unpaired) electrons. The van der Waals surface area contributed by atoms with E-state index in [1.165, 1.54) is 13.8 Å². The van der Waals surface area contributed by atoms with Crippen LogP contribution in [0.25, 0.3) is 0 Å². The van der Waals surface area contributed by atoms with Gasteiger partial charge in [-0.25, -0.2) is 23.4 Å². The monoisotopic (exact) mass is 811 g/mol. The highest BCUT2D eigenvalue weighted by atomic mass is 32.2. The molecule has 1 atom stereocenters. The van der Waals surface area contributed by atoms with Gasteiger partial charge in [0.2, 0.25) is 5.95 Å². The molecule has 0 spiro atoms. The highest BCUT2D eigenvalue weighted by Crippen LogP contribution is 2.40. The summed E-state index contributed by atoms with van der Waals surface area (Å²) in [4.78, 5) is 27.2. The molecule has 0 saturated heterocycles. The number of sulfone groups is 1. The van der Waals surface area contributed by atoms with Gasteiger partial charge in [0.1, 0.15) is 18.2 Å². The van der Waals surface area contributed by atoms with Gasteiger partial charge in [-0.1, -0.05) is 0 Å². The highest BCUT2D eigenvalue weighted by Gasteiger charge is 2.39. The molecule has 2 aromatic heterocycles. The first-order chi connectivity index (χ1) is 25.4. The minimum absolute atomic E-state index is 0.0185. The molecule has 0 aliphatic heterocycles. The minimum atomic E-state index is -5.17. The van der Waals surface area contributed by atoms with Crippen molar-refractivity contribution in [2.24, 2.45) is 11.8 Å². The Morgan fingerprint density at radius 3 is 1.87 bits per heavy atom. The summed E-state index contributed by atoms with van der Waals surface area (Å²) in [5.74, 6) is -0.0931. The third-order valence-corrected chi connectivity index (χ3v) is 10.4. The van der Waals surface area contributed by atoms with Gasteiger partial charge in [-0.05, 0) is 88.1 Å². The zero-order chi connectivity index (χ0) is 40.9. The Balaban J connectivity index is 1.80. The van der Waals surface area contributed by atoms with Crippen LogP contribution in [0.15, 0.2) is 42.9 Å². The molecular formula is C36H42F9N5O4S. The van der Waals surface area contributed by atoms with E-state index < -0.39 is 63.2 Å². The van der Waals surface area contributed by atoms with Gasteiger partial charge in [-0.2, -0.15) is 39.5 Å². The number of ketones is 1. The van der Waals surface area contributed by atoms with Crippen LogP contribution >= 0.6 is 0 Å². The summed E-state index contributed by atoms with van der Waals surface area (Å²) in [6.07, 6.45) is -7.76. The SMILES string of the molecule is CCN(CC1CCC(CC(C)=O)CC1)c1ncc(C(F)(F)F)cc1CN(c1ncc(OCCS(C)(=O)=O)cn1)C(C)c1cc(C(F)(F)F)cc(C(F)(F)F)c1. The van der Waals surface area contributed by atoms with Gasteiger partial charge in [0.05, 0.1) is 47.4 Å². The maximum absolute atomic E-state index is 14.1. The average molecular weight is 812 g/mol. The van der Waals surface area contributed by atoms with Crippen molar-refractivity contribution in [2.75, 3.05) is 41.5 Å². The molecule has 2 heterocycles. The van der Waals surface area contributed by atoms with Gasteiger partial charge < -0.3 is 19.3 Å². The molecule has 9 nitrogen and oxygen atoms in total. The molecule has 1 unspecified atom stereocenters. The topological polar surface area (TPSA) is 106 Å². The molecule has 3 aromatic rings. The van der Waals surface area contributed by atoms with Crippen molar-refractivity contribution in [3.63, 3.8) is 0 Å². The lowest BCUT2D eigenvalue weighted by atomic mass is 9.79. The van der Waals surface area contributed by atoms with Crippen LogP contribution in [-0.2, 0) is 39.7 Å². The van der Waals surface area contributed by atoms with E-state index in [1.807, 2.05) is 0 Å². The number of nitrogens with zero attached hydrogens (tertiary/aromatic N) is 5. The number of carbonyl (C=O) groups excluding carboxylic acids is 1. The minimum Gasteiger partial charge on any atom is -0.489 e. The first-order valence-electron chi connectivity index (χ1n) is 17.4. The van der Waals surface area contributed by atoms with Crippen LogP contribution < -0.4 is 14.5 Å². The molecule has 4 rings (SSSR count). The van der Waals surface area contributed by atoms with Crippen molar-refractivity contribution < 1.29 is 57.5 Å². The zero-order valence-corrected chi connectivity index (χ0v) is 31.3. The number of benzene rings is 1. The predicted molar refractivity (Wildman–Crippen MR) is 186 cm³/mol. The Morgan fingerprint density at radius 2 is 1.38 bits per heavy atom.